The Kier molecular flexibility index (Phi) is 4.58. The van der Waals surface area contributed by atoms with Crippen molar-refractivity contribution < 1.29 is 27.5 Å². The summed E-state index contributed by atoms with van der Waals surface area (Å²) in [6, 6.07) is 0. The van der Waals surface area contributed by atoms with Crippen LogP contribution in [0.4, 0.5) is 17.6 Å². The van der Waals surface area contributed by atoms with E-state index in [0.717, 1.165) is 6.42 Å². The minimum atomic E-state index is -4.72. The van der Waals surface area contributed by atoms with Crippen LogP contribution in [0.25, 0.3) is 0 Å². The first-order chi connectivity index (χ1) is 8.23. The van der Waals surface area contributed by atoms with Crippen LogP contribution in [0.1, 0.15) is 32.6 Å². The summed E-state index contributed by atoms with van der Waals surface area (Å²) in [5, 5.41) is 11.2. The number of halogens is 4. The van der Waals surface area contributed by atoms with Gasteiger partial charge < -0.3 is 10.4 Å². The van der Waals surface area contributed by atoms with Gasteiger partial charge >= 0.3 is 12.3 Å². The molecular weight excluding hydrogens is 254 g/mol. The standard InChI is InChI=1S/C11H17F4NO2/c1-7-3-2-4-10(5-7,6-17)16-9(18)11(14,15)8(12)13/h7-8,17H,2-6H2,1H3,(H,16,18). The van der Waals surface area contributed by atoms with Crippen molar-refractivity contribution in [3.63, 3.8) is 0 Å². The Morgan fingerprint density at radius 3 is 2.61 bits per heavy atom. The van der Waals surface area contributed by atoms with Crippen LogP contribution in [-0.2, 0) is 4.79 Å². The molecule has 1 saturated carbocycles. The van der Waals surface area contributed by atoms with E-state index in [4.69, 9.17) is 0 Å². The Hall–Kier alpha value is -0.850. The van der Waals surface area contributed by atoms with E-state index < -0.39 is 30.4 Å². The zero-order valence-corrected chi connectivity index (χ0v) is 10.1. The highest BCUT2D eigenvalue weighted by atomic mass is 19.3. The maximum Gasteiger partial charge on any atom is 0.383 e. The number of nitrogens with one attached hydrogen (secondary N) is 1. The lowest BCUT2D eigenvalue weighted by Crippen LogP contribution is -2.59. The smallest absolute Gasteiger partial charge is 0.383 e. The molecule has 1 amide bonds. The zero-order chi connectivity index (χ0) is 14.0. The van der Waals surface area contributed by atoms with Gasteiger partial charge in [0, 0.05) is 0 Å². The third-order valence-electron chi connectivity index (χ3n) is 3.35. The number of aliphatic hydroxyl groups is 1. The summed E-state index contributed by atoms with van der Waals surface area (Å²) in [6.07, 6.45) is -1.90. The molecular formula is C11H17F4NO2. The molecule has 18 heavy (non-hydrogen) atoms. The molecule has 1 aliphatic rings. The van der Waals surface area contributed by atoms with Crippen molar-refractivity contribution in [2.75, 3.05) is 6.61 Å². The molecule has 2 unspecified atom stereocenters. The van der Waals surface area contributed by atoms with E-state index in [1.54, 1.807) is 0 Å². The molecule has 0 bridgehead atoms. The van der Waals surface area contributed by atoms with Gasteiger partial charge in [0.05, 0.1) is 12.1 Å². The van der Waals surface area contributed by atoms with Gasteiger partial charge in [-0.2, -0.15) is 8.78 Å². The molecule has 0 aliphatic heterocycles. The highest BCUT2D eigenvalue weighted by Crippen LogP contribution is 2.33. The number of carbonyl (C=O) groups is 1. The zero-order valence-electron chi connectivity index (χ0n) is 10.1. The molecule has 106 valence electrons. The predicted molar refractivity (Wildman–Crippen MR) is 56.5 cm³/mol. The quantitative estimate of drug-likeness (QED) is 0.768. The van der Waals surface area contributed by atoms with E-state index in [0.29, 0.717) is 19.3 Å². The summed E-state index contributed by atoms with van der Waals surface area (Å²) in [6.45, 7) is 1.34. The molecule has 0 aromatic rings. The molecule has 0 aromatic carbocycles. The van der Waals surface area contributed by atoms with Gasteiger partial charge in [-0.1, -0.05) is 19.8 Å². The van der Waals surface area contributed by atoms with Gasteiger partial charge in [-0.3, -0.25) is 4.79 Å². The molecule has 2 atom stereocenters. The van der Waals surface area contributed by atoms with Crippen molar-refractivity contribution in [3.8, 4) is 0 Å². The molecule has 2 N–H and O–H groups in total. The summed E-state index contributed by atoms with van der Waals surface area (Å²) < 4.78 is 49.8. The number of aliphatic hydroxyl groups excluding tert-OH is 1. The number of amides is 1. The summed E-state index contributed by atoms with van der Waals surface area (Å²) in [5.41, 5.74) is -1.20. The monoisotopic (exact) mass is 271 g/mol. The molecule has 0 saturated heterocycles. The molecule has 0 radical (unpaired) electrons. The van der Waals surface area contributed by atoms with Crippen LogP contribution in [0.15, 0.2) is 0 Å². The van der Waals surface area contributed by atoms with Crippen molar-refractivity contribution in [1.82, 2.24) is 5.32 Å². The first kappa shape index (κ1) is 15.2. The lowest BCUT2D eigenvalue weighted by atomic mass is 9.76. The van der Waals surface area contributed by atoms with Gasteiger partial charge in [-0.15, -0.1) is 0 Å². The number of hydrogen-bond donors (Lipinski definition) is 2. The normalized spacial score (nSPS) is 29.4. The number of alkyl halides is 4. The molecule has 7 heteroatoms. The van der Waals surface area contributed by atoms with E-state index in [-0.39, 0.29) is 5.92 Å². The molecule has 0 aromatic heterocycles. The highest BCUT2D eigenvalue weighted by molar-refractivity contribution is 5.84. The Balaban J connectivity index is 2.77. The molecule has 1 fully saturated rings. The predicted octanol–water partition coefficient (Wildman–Crippen LogP) is 1.94. The van der Waals surface area contributed by atoms with Crippen molar-refractivity contribution >= 4 is 5.91 Å². The minimum absolute atomic E-state index is 0.145. The van der Waals surface area contributed by atoms with E-state index in [1.165, 1.54) is 0 Å². The second-order valence-corrected chi connectivity index (χ2v) is 5.02. The average Bonchev–Trinajstić information content (AvgIpc) is 2.28. The van der Waals surface area contributed by atoms with Crippen LogP contribution < -0.4 is 5.32 Å². The second-order valence-electron chi connectivity index (χ2n) is 5.02. The largest absolute Gasteiger partial charge is 0.394 e. The minimum Gasteiger partial charge on any atom is -0.394 e. The fraction of sp³-hybridized carbons (Fsp3) is 0.909. The number of carbonyl (C=O) groups excluding carboxylic acids is 1. The van der Waals surface area contributed by atoms with Crippen LogP contribution >= 0.6 is 0 Å². The number of hydrogen-bond acceptors (Lipinski definition) is 2. The van der Waals surface area contributed by atoms with Crippen LogP contribution in [0.2, 0.25) is 0 Å². The summed E-state index contributed by atoms with van der Waals surface area (Å²) in [5.74, 6) is -6.59. The van der Waals surface area contributed by atoms with Gasteiger partial charge in [0.15, 0.2) is 0 Å². The van der Waals surface area contributed by atoms with E-state index >= 15 is 0 Å². The Morgan fingerprint density at radius 2 is 2.17 bits per heavy atom. The van der Waals surface area contributed by atoms with Gasteiger partial charge in [0.25, 0.3) is 5.91 Å². The highest BCUT2D eigenvalue weighted by Gasteiger charge is 2.51. The van der Waals surface area contributed by atoms with E-state index in [2.05, 4.69) is 0 Å². The van der Waals surface area contributed by atoms with Gasteiger partial charge in [-0.05, 0) is 18.8 Å². The van der Waals surface area contributed by atoms with E-state index in [9.17, 15) is 27.5 Å². The third-order valence-corrected chi connectivity index (χ3v) is 3.35. The van der Waals surface area contributed by atoms with E-state index in [1.807, 2.05) is 12.2 Å². The topological polar surface area (TPSA) is 49.3 Å². The average molecular weight is 271 g/mol. The van der Waals surface area contributed by atoms with Crippen molar-refractivity contribution in [2.45, 2.75) is 50.5 Å². The van der Waals surface area contributed by atoms with Crippen molar-refractivity contribution in [2.24, 2.45) is 5.92 Å². The molecule has 3 nitrogen and oxygen atoms in total. The SMILES string of the molecule is CC1CCCC(CO)(NC(=O)C(F)(F)C(F)F)C1. The summed E-state index contributed by atoms with van der Waals surface area (Å²) in [7, 11) is 0. The Bertz CT molecular complexity index is 311. The fourth-order valence-corrected chi connectivity index (χ4v) is 2.38. The Labute approximate surface area is 103 Å². The first-order valence-electron chi connectivity index (χ1n) is 5.83. The van der Waals surface area contributed by atoms with Crippen molar-refractivity contribution in [3.05, 3.63) is 0 Å². The number of rotatable bonds is 4. The first-order valence-corrected chi connectivity index (χ1v) is 5.83. The van der Waals surface area contributed by atoms with Crippen LogP contribution in [-0.4, -0.2) is 35.5 Å². The summed E-state index contributed by atoms with van der Waals surface area (Å²) in [4.78, 5) is 11.2. The fourth-order valence-electron chi connectivity index (χ4n) is 2.38. The van der Waals surface area contributed by atoms with Crippen LogP contribution in [0, 0.1) is 5.92 Å². The van der Waals surface area contributed by atoms with Gasteiger partial charge in [0.2, 0.25) is 0 Å². The maximum atomic E-state index is 12.9. The Morgan fingerprint density at radius 1 is 1.56 bits per heavy atom. The van der Waals surface area contributed by atoms with Crippen molar-refractivity contribution in [1.29, 1.82) is 0 Å². The lowest BCUT2D eigenvalue weighted by molar-refractivity contribution is -0.172. The maximum absolute atomic E-state index is 12.9. The van der Waals surface area contributed by atoms with Crippen LogP contribution in [0.3, 0.4) is 0 Å². The molecule has 0 heterocycles. The van der Waals surface area contributed by atoms with Crippen LogP contribution in [0.5, 0.6) is 0 Å². The van der Waals surface area contributed by atoms with Gasteiger partial charge in [-0.25, -0.2) is 8.78 Å². The molecule has 1 rings (SSSR count). The second kappa shape index (κ2) is 5.42. The summed E-state index contributed by atoms with van der Waals surface area (Å²) >= 11 is 0. The molecule has 1 aliphatic carbocycles. The van der Waals surface area contributed by atoms with Gasteiger partial charge in [0.1, 0.15) is 0 Å². The molecule has 0 spiro atoms. The third kappa shape index (κ3) is 3.13. The lowest BCUT2D eigenvalue weighted by Gasteiger charge is -2.40.